The van der Waals surface area contributed by atoms with Gasteiger partial charge < -0.3 is 9.64 Å². The molecule has 0 bridgehead atoms. The number of carbonyl (C=O) groups is 1. The monoisotopic (exact) mass is 306 g/mol. The highest BCUT2D eigenvalue weighted by Gasteiger charge is 2.48. The van der Waals surface area contributed by atoms with Gasteiger partial charge in [-0.25, -0.2) is 0 Å². The van der Waals surface area contributed by atoms with E-state index in [0.29, 0.717) is 11.9 Å². The molecule has 21 heavy (non-hydrogen) atoms. The smallest absolute Gasteiger partial charge is 0.227 e. The second-order valence-corrected chi connectivity index (χ2v) is 7.48. The van der Waals surface area contributed by atoms with Crippen LogP contribution in [0.5, 0.6) is 0 Å². The molecule has 0 radical (unpaired) electrons. The minimum Gasteiger partial charge on any atom is -0.381 e. The van der Waals surface area contributed by atoms with Crippen LogP contribution in [0.15, 0.2) is 16.8 Å². The number of likely N-dealkylation sites (tertiary alicyclic amines) is 1. The number of hydrogen-bond donors (Lipinski definition) is 0. The Bertz CT molecular complexity index is 512. The van der Waals surface area contributed by atoms with Gasteiger partial charge >= 0.3 is 0 Å². The molecule has 0 aliphatic carbocycles. The first-order valence-corrected chi connectivity index (χ1v) is 8.84. The summed E-state index contributed by atoms with van der Waals surface area (Å²) >= 11 is 1.66. The lowest BCUT2D eigenvalue weighted by atomic mass is 9.86. The number of hydrogen-bond acceptors (Lipinski definition) is 4. The van der Waals surface area contributed by atoms with E-state index in [0.717, 1.165) is 64.2 Å². The van der Waals surface area contributed by atoms with Gasteiger partial charge in [0.2, 0.25) is 5.91 Å². The van der Waals surface area contributed by atoms with Crippen LogP contribution < -0.4 is 4.90 Å². The predicted molar refractivity (Wildman–Crippen MR) is 83.8 cm³/mol. The van der Waals surface area contributed by atoms with Gasteiger partial charge in [0.05, 0.1) is 5.69 Å². The Morgan fingerprint density at radius 2 is 2.14 bits per heavy atom. The molecule has 4 heterocycles. The number of carbonyl (C=O) groups excluding carboxylic acids is 1. The van der Waals surface area contributed by atoms with Crippen molar-refractivity contribution >= 4 is 22.9 Å². The summed E-state index contributed by atoms with van der Waals surface area (Å²) < 4.78 is 5.47. The van der Waals surface area contributed by atoms with E-state index in [2.05, 4.69) is 21.7 Å². The molecule has 1 aromatic rings. The molecule has 4 nitrogen and oxygen atoms in total. The molecule has 1 atom stereocenters. The molecule has 114 valence electrons. The molecule has 0 saturated carbocycles. The van der Waals surface area contributed by atoms with Crippen LogP contribution in [0.25, 0.3) is 0 Å². The molecule has 3 fully saturated rings. The third-order valence-electron chi connectivity index (χ3n) is 5.31. The minimum atomic E-state index is 0.192. The van der Waals surface area contributed by atoms with Gasteiger partial charge in [-0.1, -0.05) is 0 Å². The minimum absolute atomic E-state index is 0.192. The molecule has 1 spiro atoms. The lowest BCUT2D eigenvalue weighted by Gasteiger charge is -2.32. The molecule has 3 aliphatic heterocycles. The van der Waals surface area contributed by atoms with E-state index in [9.17, 15) is 4.79 Å². The summed E-state index contributed by atoms with van der Waals surface area (Å²) in [5.41, 5.74) is 1.28. The SMILES string of the molecule is O=C1C[C@@]2(CCN(C3CCOCC3)C2)CN1c1ccsc1. The summed E-state index contributed by atoms with van der Waals surface area (Å²) in [7, 11) is 0. The van der Waals surface area contributed by atoms with Gasteiger partial charge in [0.25, 0.3) is 0 Å². The van der Waals surface area contributed by atoms with Crippen LogP contribution in [0.2, 0.25) is 0 Å². The average molecular weight is 306 g/mol. The topological polar surface area (TPSA) is 32.8 Å². The van der Waals surface area contributed by atoms with Gasteiger partial charge in [0.1, 0.15) is 0 Å². The van der Waals surface area contributed by atoms with E-state index >= 15 is 0 Å². The molecule has 0 aromatic carbocycles. The van der Waals surface area contributed by atoms with Crippen LogP contribution in [0.1, 0.15) is 25.7 Å². The molecule has 1 aromatic heterocycles. The molecular weight excluding hydrogens is 284 g/mol. The molecule has 5 heteroatoms. The zero-order valence-electron chi connectivity index (χ0n) is 12.3. The fraction of sp³-hybridized carbons (Fsp3) is 0.688. The number of ether oxygens (including phenoxy) is 1. The fourth-order valence-corrected chi connectivity index (χ4v) is 4.79. The third-order valence-corrected chi connectivity index (χ3v) is 5.98. The third kappa shape index (κ3) is 2.51. The maximum Gasteiger partial charge on any atom is 0.227 e. The van der Waals surface area contributed by atoms with Crippen molar-refractivity contribution in [1.82, 2.24) is 4.90 Å². The highest BCUT2D eigenvalue weighted by Crippen LogP contribution is 2.43. The number of anilines is 1. The van der Waals surface area contributed by atoms with Gasteiger partial charge in [-0.2, -0.15) is 11.3 Å². The van der Waals surface area contributed by atoms with E-state index in [-0.39, 0.29) is 5.41 Å². The van der Waals surface area contributed by atoms with Crippen LogP contribution in [0, 0.1) is 5.41 Å². The molecule has 0 unspecified atom stereocenters. The second-order valence-electron chi connectivity index (χ2n) is 6.70. The summed E-state index contributed by atoms with van der Waals surface area (Å²) in [4.78, 5) is 17.0. The number of rotatable bonds is 2. The number of amides is 1. The van der Waals surface area contributed by atoms with Crippen LogP contribution in [-0.2, 0) is 9.53 Å². The number of thiophene rings is 1. The van der Waals surface area contributed by atoms with Crippen molar-refractivity contribution in [2.24, 2.45) is 5.41 Å². The Balaban J connectivity index is 1.46. The Labute approximate surface area is 129 Å². The second kappa shape index (κ2) is 5.38. The number of nitrogens with zero attached hydrogens (tertiary/aromatic N) is 2. The Morgan fingerprint density at radius 1 is 1.29 bits per heavy atom. The summed E-state index contributed by atoms with van der Waals surface area (Å²) in [6, 6.07) is 2.73. The Kier molecular flexibility index (Phi) is 3.52. The largest absolute Gasteiger partial charge is 0.381 e. The molecule has 4 rings (SSSR count). The van der Waals surface area contributed by atoms with Crippen molar-refractivity contribution in [3.05, 3.63) is 16.8 Å². The van der Waals surface area contributed by atoms with Gasteiger partial charge in [0, 0.05) is 49.6 Å². The van der Waals surface area contributed by atoms with Crippen LogP contribution >= 0.6 is 11.3 Å². The van der Waals surface area contributed by atoms with Crippen molar-refractivity contribution in [3.63, 3.8) is 0 Å². The van der Waals surface area contributed by atoms with E-state index < -0.39 is 0 Å². The first-order valence-electron chi connectivity index (χ1n) is 7.90. The molecule has 0 N–H and O–H groups in total. The van der Waals surface area contributed by atoms with Crippen molar-refractivity contribution < 1.29 is 9.53 Å². The highest BCUT2D eigenvalue weighted by atomic mass is 32.1. The molecule has 3 aliphatic rings. The first-order chi connectivity index (χ1) is 10.3. The average Bonchev–Trinajstić information content (AvgIpc) is 3.21. The normalized spacial score (nSPS) is 31.6. The maximum atomic E-state index is 12.4. The molecular formula is C16H22N2O2S. The van der Waals surface area contributed by atoms with Crippen LogP contribution in [0.4, 0.5) is 5.69 Å². The highest BCUT2D eigenvalue weighted by molar-refractivity contribution is 7.08. The summed E-state index contributed by atoms with van der Waals surface area (Å²) in [5.74, 6) is 0.308. The van der Waals surface area contributed by atoms with Crippen molar-refractivity contribution in [1.29, 1.82) is 0 Å². The summed E-state index contributed by atoms with van der Waals surface area (Å²) in [6.45, 7) is 4.93. The van der Waals surface area contributed by atoms with E-state index in [1.807, 2.05) is 4.90 Å². The summed E-state index contributed by atoms with van der Waals surface area (Å²) in [6.07, 6.45) is 4.19. The van der Waals surface area contributed by atoms with Gasteiger partial charge in [-0.05, 0) is 37.3 Å². The van der Waals surface area contributed by atoms with Gasteiger partial charge in [-0.3, -0.25) is 9.69 Å². The quantitative estimate of drug-likeness (QED) is 0.841. The molecule has 3 saturated heterocycles. The van der Waals surface area contributed by atoms with Crippen molar-refractivity contribution in [3.8, 4) is 0 Å². The van der Waals surface area contributed by atoms with Crippen LogP contribution in [-0.4, -0.2) is 49.7 Å². The van der Waals surface area contributed by atoms with Gasteiger partial charge in [-0.15, -0.1) is 0 Å². The summed E-state index contributed by atoms with van der Waals surface area (Å²) in [5, 5.41) is 4.14. The lowest BCUT2D eigenvalue weighted by molar-refractivity contribution is -0.117. The van der Waals surface area contributed by atoms with E-state index in [1.165, 1.54) is 0 Å². The van der Waals surface area contributed by atoms with Crippen LogP contribution in [0.3, 0.4) is 0 Å². The first kappa shape index (κ1) is 13.7. The maximum absolute atomic E-state index is 12.4. The van der Waals surface area contributed by atoms with Crippen molar-refractivity contribution in [2.75, 3.05) is 37.7 Å². The zero-order chi connectivity index (χ0) is 14.3. The standard InChI is InChI=1S/C16H22N2O2S/c19-15-9-16(12-18(15)14-3-8-21-10-14)4-5-17(11-16)13-1-6-20-7-2-13/h3,8,10,13H,1-2,4-7,9,11-12H2/t16-/m1/s1. The Hall–Kier alpha value is -0.910. The fourth-order valence-electron chi connectivity index (χ4n) is 4.15. The zero-order valence-corrected chi connectivity index (χ0v) is 13.1. The molecule has 1 amide bonds. The lowest BCUT2D eigenvalue weighted by Crippen LogP contribution is -2.40. The van der Waals surface area contributed by atoms with E-state index in [1.54, 1.807) is 11.3 Å². The Morgan fingerprint density at radius 3 is 2.90 bits per heavy atom. The van der Waals surface area contributed by atoms with E-state index in [4.69, 9.17) is 4.74 Å². The van der Waals surface area contributed by atoms with Gasteiger partial charge in [0.15, 0.2) is 0 Å². The predicted octanol–water partition coefficient (Wildman–Crippen LogP) is 2.36. The van der Waals surface area contributed by atoms with Crippen molar-refractivity contribution in [2.45, 2.75) is 31.7 Å².